The van der Waals surface area contributed by atoms with Crippen LogP contribution in [0.2, 0.25) is 0 Å². The van der Waals surface area contributed by atoms with Gasteiger partial charge in [-0.15, -0.1) is 0 Å². The van der Waals surface area contributed by atoms with E-state index in [0.29, 0.717) is 110 Å². The smallest absolute Gasteiger partial charge is 0.0639 e. The van der Waals surface area contributed by atoms with Gasteiger partial charge in [-0.3, -0.25) is 34.3 Å². The summed E-state index contributed by atoms with van der Waals surface area (Å²) in [5.41, 5.74) is 0. The van der Waals surface area contributed by atoms with Gasteiger partial charge in [0, 0.05) is 136 Å². The van der Waals surface area contributed by atoms with Gasteiger partial charge < -0.3 is 107 Å². The number of hydrogen-bond acceptors (Lipinski definition) is 28. The van der Waals surface area contributed by atoms with Crippen LogP contribution < -0.4 is 0 Å². The van der Waals surface area contributed by atoms with Crippen LogP contribution in [0.1, 0.15) is 171 Å². The number of aliphatic hydroxyl groups is 18. The summed E-state index contributed by atoms with van der Waals surface area (Å²) in [6, 6.07) is 1.41. The molecule has 28 heteroatoms. The van der Waals surface area contributed by atoms with E-state index in [9.17, 15) is 15.3 Å². The number of unbranched alkanes of at least 4 members (excludes halogenated alkanes) is 2. The molecule has 0 bridgehead atoms. The summed E-state index contributed by atoms with van der Waals surface area (Å²) in [7, 11) is 11.6. The molecule has 0 saturated carbocycles. The van der Waals surface area contributed by atoms with E-state index in [4.69, 9.17) is 76.6 Å². The maximum absolute atomic E-state index is 9.21. The molecule has 0 spiro atoms. The maximum Gasteiger partial charge on any atom is 0.0639 e. The van der Waals surface area contributed by atoms with Crippen molar-refractivity contribution in [2.45, 2.75) is 262 Å². The zero-order valence-corrected chi connectivity index (χ0v) is 70.1. The molecule has 0 heterocycles. The molecule has 12 unspecified atom stereocenters. The second-order valence-corrected chi connectivity index (χ2v) is 28.5. The summed E-state index contributed by atoms with van der Waals surface area (Å²) in [6.07, 6.45) is 0.803. The fraction of sp³-hybridized carbons (Fsp3) is 1.00. The third-order valence-electron chi connectivity index (χ3n) is 13.2. The molecule has 626 valence electrons. The first-order valence-corrected chi connectivity index (χ1v) is 37.5. The average molecular weight is 1480 g/mol. The highest BCUT2D eigenvalue weighted by molar-refractivity contribution is 4.71. The summed E-state index contributed by atoms with van der Waals surface area (Å²) in [4.78, 5) is 20.0. The zero-order chi connectivity index (χ0) is 81.4. The molecular formula is C73H176N10O18. The molecule has 0 aromatic rings. The highest BCUT2D eigenvalue weighted by atomic mass is 16.3. The molecule has 0 aliphatic rings. The number of rotatable bonds is 46. The van der Waals surface area contributed by atoms with E-state index in [1.807, 2.05) is 85.5 Å². The van der Waals surface area contributed by atoms with Gasteiger partial charge in [0.05, 0.1) is 113 Å². The van der Waals surface area contributed by atoms with Crippen molar-refractivity contribution in [3.05, 3.63) is 0 Å². The lowest BCUT2D eigenvalue weighted by Gasteiger charge is -2.31. The average Bonchev–Trinajstić information content (AvgIpc) is 1.01. The lowest BCUT2D eigenvalue weighted by atomic mass is 10.2. The Labute approximate surface area is 620 Å². The van der Waals surface area contributed by atoms with Crippen molar-refractivity contribution in [2.24, 2.45) is 0 Å². The van der Waals surface area contributed by atoms with Gasteiger partial charge >= 0.3 is 0 Å². The lowest BCUT2D eigenvalue weighted by Crippen LogP contribution is -2.41. The van der Waals surface area contributed by atoms with Crippen molar-refractivity contribution in [2.75, 3.05) is 219 Å². The minimum absolute atomic E-state index is 0.0550. The molecule has 0 fully saturated rings. The Morgan fingerprint density at radius 2 is 0.436 bits per heavy atom. The lowest BCUT2D eigenvalue weighted by molar-refractivity contribution is 0.0659. The zero-order valence-electron chi connectivity index (χ0n) is 70.1. The molecule has 0 aliphatic carbocycles. The monoisotopic (exact) mass is 1480 g/mol. The SMILES string of the molecule is CC(O)CN(C(C)C)C(C)C.CC(O)CN(C)C.CC(O)CN(C)C.CC(O)CN(CC(C)O)C(C)C.CC(O)CN(CCO)CC(C)O.CC(O)CN(CCO)CCO.CCCCN(CC(C)O)CC(C)O.CCCCN(CCO)CCO.CCN(CC(C)O)CC(C)O.CN(C)CCO. The number of hydrogen-bond donors (Lipinski definition) is 18. The predicted octanol–water partition coefficient (Wildman–Crippen LogP) is 0.0315. The Kier molecular flexibility index (Phi) is 103. The highest BCUT2D eigenvalue weighted by Gasteiger charge is 2.17. The normalized spacial score (nSPS) is 14.9. The van der Waals surface area contributed by atoms with Crippen molar-refractivity contribution >= 4 is 0 Å². The maximum atomic E-state index is 9.21. The highest BCUT2D eigenvalue weighted by Crippen LogP contribution is 2.06. The fourth-order valence-corrected chi connectivity index (χ4v) is 9.32. The summed E-state index contributed by atoms with van der Waals surface area (Å²) in [5.74, 6) is 0. The quantitative estimate of drug-likeness (QED) is 0.0382. The van der Waals surface area contributed by atoms with Crippen LogP contribution in [0.15, 0.2) is 0 Å². The predicted molar refractivity (Wildman–Crippen MR) is 420 cm³/mol. The minimum atomic E-state index is -0.421. The number of nitrogens with zero attached hydrogens (tertiary/aromatic N) is 10. The first-order chi connectivity index (χ1) is 46.6. The van der Waals surface area contributed by atoms with Gasteiger partial charge in [-0.1, -0.05) is 33.6 Å². The van der Waals surface area contributed by atoms with Crippen molar-refractivity contribution in [3.8, 4) is 0 Å². The molecule has 0 rings (SSSR count). The van der Waals surface area contributed by atoms with Gasteiger partial charge in [-0.25, -0.2) is 0 Å². The molecule has 12 atom stereocenters. The van der Waals surface area contributed by atoms with Crippen molar-refractivity contribution in [1.82, 2.24) is 49.0 Å². The largest absolute Gasteiger partial charge is 0.395 e. The molecule has 0 aromatic heterocycles. The van der Waals surface area contributed by atoms with Crippen LogP contribution in [-0.4, -0.2) is 452 Å². The Bertz CT molecular complexity index is 1410. The summed E-state index contributed by atoms with van der Waals surface area (Å²) < 4.78 is 0. The van der Waals surface area contributed by atoms with Crippen molar-refractivity contribution < 1.29 is 91.9 Å². The van der Waals surface area contributed by atoms with Crippen molar-refractivity contribution in [3.63, 3.8) is 0 Å². The molecule has 0 saturated heterocycles. The first-order valence-electron chi connectivity index (χ1n) is 37.5. The standard InChI is InChI=1S/C10H23NO2.C9H21NO2.C9H21NO.C8H19NO3.2C8H19NO2.C7H17NO3.2C5H13NO.C4H11NO/c1-4-5-6-11(7-9(2)12)8-10(3)13;1-7(2)10(5-8(3)11)6-9(4)12;1-7(2)10(8(3)4)6-9(5)11;1-7(11)5-9(3-4-10)6-8(2)12;1-4-9(5-7(2)10)6-8(3)11;1-2-3-4-9(5-7-10)6-8-11;1-7(11)6-8(2-4-9)3-5-10;2*1-5(7)4-6(2)3;1-5(2)3-4-6/h9-10,12-13H,4-8H2,1-3H3;7-9,11-12H,5-6H2,1-4H3;7-9,11H,6H2,1-5H3;7-8,10-12H,3-6H2,1-2H3;7-8,10-11H,4-6H2,1-3H3;10-11H,2-8H2,1H3;7,9-11H,2-6H2,1H3;2*5,7H,4H2,1-3H3;6H,3-4H2,1-2H3. The van der Waals surface area contributed by atoms with Crippen LogP contribution in [0.25, 0.3) is 0 Å². The third kappa shape index (κ3) is 123. The van der Waals surface area contributed by atoms with Gasteiger partial charge in [0.15, 0.2) is 0 Å². The molecule has 28 nitrogen and oxygen atoms in total. The van der Waals surface area contributed by atoms with Gasteiger partial charge in [0.2, 0.25) is 0 Å². The van der Waals surface area contributed by atoms with E-state index < -0.39 is 18.3 Å². The molecule has 0 amide bonds. The summed E-state index contributed by atoms with van der Waals surface area (Å²) in [5, 5.41) is 160. The molecule has 0 radical (unpaired) electrons. The molecule has 0 aromatic carbocycles. The minimum Gasteiger partial charge on any atom is -0.395 e. The molecule has 18 N–H and O–H groups in total. The Morgan fingerprint density at radius 1 is 0.218 bits per heavy atom. The summed E-state index contributed by atoms with van der Waals surface area (Å²) in [6.45, 7) is 54.9. The van der Waals surface area contributed by atoms with Crippen LogP contribution >= 0.6 is 0 Å². The Hall–Kier alpha value is -1.12. The van der Waals surface area contributed by atoms with E-state index in [-0.39, 0.29) is 94.6 Å². The van der Waals surface area contributed by atoms with Gasteiger partial charge in [0.1, 0.15) is 0 Å². The number of likely N-dealkylation sites (N-methyl/N-ethyl adjacent to an activating group) is 4. The Morgan fingerprint density at radius 3 is 0.604 bits per heavy atom. The van der Waals surface area contributed by atoms with E-state index in [0.717, 1.165) is 71.5 Å². The summed E-state index contributed by atoms with van der Waals surface area (Å²) >= 11 is 0. The van der Waals surface area contributed by atoms with E-state index >= 15 is 0 Å². The van der Waals surface area contributed by atoms with Crippen LogP contribution in [0.4, 0.5) is 0 Å². The van der Waals surface area contributed by atoms with Crippen LogP contribution in [0.3, 0.4) is 0 Å². The van der Waals surface area contributed by atoms with Crippen LogP contribution in [-0.2, 0) is 0 Å². The van der Waals surface area contributed by atoms with Gasteiger partial charge in [0.25, 0.3) is 0 Å². The van der Waals surface area contributed by atoms with Gasteiger partial charge in [-0.2, -0.15) is 0 Å². The van der Waals surface area contributed by atoms with Gasteiger partial charge in [-0.05, 0) is 199 Å². The van der Waals surface area contributed by atoms with Crippen LogP contribution in [0, 0.1) is 0 Å². The molecule has 0 aliphatic heterocycles. The second kappa shape index (κ2) is 86.1. The second-order valence-electron chi connectivity index (χ2n) is 28.5. The third-order valence-corrected chi connectivity index (χ3v) is 13.2. The topological polar surface area (TPSA) is 397 Å². The van der Waals surface area contributed by atoms with E-state index in [1.54, 1.807) is 76.2 Å². The Balaban J connectivity index is -0.000000115. The molecule has 101 heavy (non-hydrogen) atoms. The number of aliphatic hydroxyl groups excluding tert-OH is 18. The van der Waals surface area contributed by atoms with E-state index in [2.05, 4.69) is 75.0 Å². The molecular weight excluding hydrogens is 1300 g/mol. The van der Waals surface area contributed by atoms with E-state index in [1.165, 1.54) is 0 Å². The first kappa shape index (κ1) is 121. The van der Waals surface area contributed by atoms with Crippen molar-refractivity contribution in [1.29, 1.82) is 0 Å². The van der Waals surface area contributed by atoms with Crippen LogP contribution in [0.5, 0.6) is 0 Å². The fourth-order valence-electron chi connectivity index (χ4n) is 9.32.